The van der Waals surface area contributed by atoms with Crippen LogP contribution in [-0.4, -0.2) is 79.3 Å². The van der Waals surface area contributed by atoms with Crippen LogP contribution in [0.25, 0.3) is 0 Å². The van der Waals surface area contributed by atoms with Crippen LogP contribution in [0.2, 0.25) is 0 Å². The van der Waals surface area contributed by atoms with Gasteiger partial charge >= 0.3 is 59.6 Å². The molecule has 0 radical (unpaired) electrons. The van der Waals surface area contributed by atoms with Gasteiger partial charge in [-0.2, -0.15) is 0 Å². The molecule has 1 atom stereocenters. The average molecular weight is 270 g/mol. The van der Waals surface area contributed by atoms with Gasteiger partial charge in [0.15, 0.2) is 0 Å². The summed E-state index contributed by atoms with van der Waals surface area (Å²) in [6.45, 7) is 8.27. The summed E-state index contributed by atoms with van der Waals surface area (Å²) in [5, 5.41) is 0. The topological polar surface area (TPSA) is 46.5 Å². The van der Waals surface area contributed by atoms with Gasteiger partial charge in [0, 0.05) is 0 Å². The van der Waals surface area contributed by atoms with Crippen LogP contribution in [0.3, 0.4) is 0 Å². The second-order valence-corrected chi connectivity index (χ2v) is 11.0. The zero-order chi connectivity index (χ0) is 10.6. The van der Waals surface area contributed by atoms with Gasteiger partial charge in [0.1, 0.15) is 0 Å². The van der Waals surface area contributed by atoms with Crippen molar-refractivity contribution in [1.82, 2.24) is 0 Å². The summed E-state index contributed by atoms with van der Waals surface area (Å²) in [5.74, 6) is 3.64. The first-order chi connectivity index (χ1) is 5.97. The molecule has 0 aliphatic heterocycles. The molecule has 0 aromatic carbocycles. The first-order valence-electron chi connectivity index (χ1n) is 4.91. The van der Waals surface area contributed by atoms with Crippen LogP contribution in [0.5, 0.6) is 0 Å². The van der Waals surface area contributed by atoms with Gasteiger partial charge < -0.3 is 4.89 Å². The van der Waals surface area contributed by atoms with Crippen molar-refractivity contribution < 1.29 is 13.4 Å². The monoisotopic (exact) mass is 270 g/mol. The van der Waals surface area contributed by atoms with Gasteiger partial charge in [-0.25, -0.2) is 9.44 Å². The van der Waals surface area contributed by atoms with E-state index in [2.05, 4.69) is 27.7 Å². The summed E-state index contributed by atoms with van der Waals surface area (Å²) < 4.78 is 16.3. The van der Waals surface area contributed by atoms with E-state index >= 15 is 0 Å². The molecular formula is C8H24KO3PS. The first kappa shape index (κ1) is 18.5. The van der Waals surface area contributed by atoms with E-state index in [1.54, 1.807) is 0 Å². The van der Waals surface area contributed by atoms with Crippen molar-refractivity contribution in [3.8, 4) is 0 Å². The Kier molecular flexibility index (Phi) is 9.86. The van der Waals surface area contributed by atoms with Crippen molar-refractivity contribution in [2.75, 3.05) is 23.0 Å². The quantitative estimate of drug-likeness (QED) is 0.439. The van der Waals surface area contributed by atoms with Gasteiger partial charge in [-0.15, -0.1) is 0 Å². The molecule has 0 saturated carbocycles. The molecule has 0 aliphatic rings. The molecule has 0 saturated heterocycles. The Bertz CT molecular complexity index is 174. The molecule has 1 N–H and O–H groups in total. The molecule has 14 heavy (non-hydrogen) atoms. The van der Waals surface area contributed by atoms with E-state index in [1.165, 1.54) is 0 Å². The van der Waals surface area contributed by atoms with E-state index in [4.69, 9.17) is 8.86 Å². The fourth-order valence-corrected chi connectivity index (χ4v) is 8.34. The normalized spacial score (nSPS) is 16.5. The maximum absolute atomic E-state index is 10.9. The Hall–Kier alpha value is 2.14. The fraction of sp³-hybridized carbons (Fsp3) is 1.00. The van der Waals surface area contributed by atoms with E-state index < -0.39 is 17.7 Å². The Morgan fingerprint density at radius 1 is 1.07 bits per heavy atom. The van der Waals surface area contributed by atoms with Crippen molar-refractivity contribution in [3.05, 3.63) is 0 Å². The second-order valence-electron chi connectivity index (χ2n) is 3.48. The zero-order valence-corrected chi connectivity index (χ0v) is 10.9. The Morgan fingerprint density at radius 3 is 1.43 bits per heavy atom. The number of thiol groups is 1. The van der Waals surface area contributed by atoms with E-state index in [0.717, 1.165) is 23.0 Å². The standard InChI is InChI=1S/C8H23O3PS.K.H/c1-5-13(6-2,7-3,8-4)11-12(9)10;;/h12-13H,5-8H2,1-4H3,(H,9,10);;. The van der Waals surface area contributed by atoms with E-state index in [9.17, 15) is 4.57 Å². The van der Waals surface area contributed by atoms with Crippen molar-refractivity contribution in [1.29, 1.82) is 0 Å². The van der Waals surface area contributed by atoms with Crippen molar-refractivity contribution in [2.45, 2.75) is 27.7 Å². The summed E-state index contributed by atoms with van der Waals surface area (Å²) in [7, 11) is -5.08. The van der Waals surface area contributed by atoms with Crippen LogP contribution in [0.1, 0.15) is 27.7 Å². The maximum atomic E-state index is 10.9. The third-order valence-electron chi connectivity index (χ3n) is 3.54. The molecule has 0 amide bonds. The summed E-state index contributed by atoms with van der Waals surface area (Å²) in [4.78, 5) is 8.93. The summed E-state index contributed by atoms with van der Waals surface area (Å²) in [6, 6.07) is 0. The van der Waals surface area contributed by atoms with Gasteiger partial charge in [0.25, 0.3) is 0 Å². The molecule has 1 unspecified atom stereocenters. The second kappa shape index (κ2) is 7.46. The van der Waals surface area contributed by atoms with Crippen LogP contribution < -0.4 is 0 Å². The fourth-order valence-electron chi connectivity index (χ4n) is 1.82. The molecular weight excluding hydrogens is 246 g/mol. The zero-order valence-electron chi connectivity index (χ0n) is 9.04. The molecule has 0 heterocycles. The Balaban J connectivity index is 0. The molecule has 6 heteroatoms. The van der Waals surface area contributed by atoms with Crippen LogP contribution in [0, 0.1) is 0 Å². The SMILES string of the molecule is CC[SH](CC)(CC)(CC)O[PH](=O)O.[KH]. The van der Waals surface area contributed by atoms with Crippen LogP contribution in [0.4, 0.5) is 0 Å². The number of hydrogen-bond donors (Lipinski definition) is 2. The summed E-state index contributed by atoms with van der Waals surface area (Å²) in [6.07, 6.45) is 0. The van der Waals surface area contributed by atoms with Gasteiger partial charge in [0.05, 0.1) is 0 Å². The van der Waals surface area contributed by atoms with Crippen LogP contribution in [-0.2, 0) is 8.54 Å². The molecule has 0 aromatic heterocycles. The van der Waals surface area contributed by atoms with Crippen LogP contribution in [0.15, 0.2) is 0 Å². The molecule has 0 fully saturated rings. The van der Waals surface area contributed by atoms with E-state index in [-0.39, 0.29) is 51.4 Å². The molecule has 86 valence electrons. The minimum atomic E-state index is -2.79. The Morgan fingerprint density at radius 2 is 1.36 bits per heavy atom. The van der Waals surface area contributed by atoms with E-state index in [1.807, 2.05) is 0 Å². The number of hydrogen-bond acceptors (Lipinski definition) is 2. The first-order valence-corrected chi connectivity index (χ1v) is 9.07. The van der Waals surface area contributed by atoms with Gasteiger partial charge in [-0.3, -0.25) is 8.54 Å². The summed E-state index contributed by atoms with van der Waals surface area (Å²) >= 11 is 0. The molecule has 0 aromatic rings. The van der Waals surface area contributed by atoms with Crippen molar-refractivity contribution >= 4 is 69.1 Å². The molecule has 0 rings (SSSR count). The van der Waals surface area contributed by atoms with Crippen LogP contribution >= 0.6 is 17.7 Å². The predicted octanol–water partition coefficient (Wildman–Crippen LogP) is 1.80. The predicted molar refractivity (Wildman–Crippen MR) is 70.6 cm³/mol. The average Bonchev–Trinajstić information content (AvgIpc) is 2.15. The van der Waals surface area contributed by atoms with Gasteiger partial charge in [0.2, 0.25) is 0 Å². The molecule has 3 nitrogen and oxygen atoms in total. The third kappa shape index (κ3) is 4.19. The van der Waals surface area contributed by atoms with Crippen molar-refractivity contribution in [3.63, 3.8) is 0 Å². The summed E-state index contributed by atoms with van der Waals surface area (Å²) in [5.41, 5.74) is 0. The van der Waals surface area contributed by atoms with Gasteiger partial charge in [-0.1, -0.05) is 27.7 Å². The number of rotatable bonds is 6. The minimum absolute atomic E-state index is 0. The van der Waals surface area contributed by atoms with E-state index in [0.29, 0.717) is 0 Å². The molecule has 0 aliphatic carbocycles. The Labute approximate surface area is 131 Å². The molecule has 0 bridgehead atoms. The van der Waals surface area contributed by atoms with Crippen molar-refractivity contribution in [2.24, 2.45) is 0 Å². The van der Waals surface area contributed by atoms with Gasteiger partial charge in [-0.05, 0) is 23.0 Å². The third-order valence-corrected chi connectivity index (χ3v) is 12.6. The molecule has 0 spiro atoms.